The monoisotopic (exact) mass is 394 g/mol. The third-order valence-electron chi connectivity index (χ3n) is 4.55. The van der Waals surface area contributed by atoms with Crippen LogP contribution in [0.2, 0.25) is 0 Å². The van der Waals surface area contributed by atoms with Gasteiger partial charge in [-0.3, -0.25) is 9.48 Å². The van der Waals surface area contributed by atoms with E-state index in [4.69, 9.17) is 0 Å². The van der Waals surface area contributed by atoms with Gasteiger partial charge in [-0.25, -0.2) is 12.8 Å². The van der Waals surface area contributed by atoms with Crippen LogP contribution in [0.25, 0.3) is 0 Å². The molecule has 0 radical (unpaired) electrons. The summed E-state index contributed by atoms with van der Waals surface area (Å²) in [5.74, 6) is -1.01. The van der Waals surface area contributed by atoms with Crippen LogP contribution in [-0.4, -0.2) is 41.5 Å². The van der Waals surface area contributed by atoms with E-state index in [1.54, 1.807) is 0 Å². The number of nitrogens with one attached hydrogen (secondary N) is 1. The molecule has 0 aliphatic carbocycles. The van der Waals surface area contributed by atoms with Crippen molar-refractivity contribution in [3.63, 3.8) is 0 Å². The number of sulfonamides is 1. The van der Waals surface area contributed by atoms with Crippen LogP contribution < -0.4 is 5.32 Å². The van der Waals surface area contributed by atoms with E-state index in [1.165, 1.54) is 39.4 Å². The van der Waals surface area contributed by atoms with E-state index in [9.17, 15) is 17.6 Å². The molecule has 1 aliphatic heterocycles. The first-order valence-corrected chi connectivity index (χ1v) is 10.5. The number of hydrogen-bond acceptors (Lipinski definition) is 4. The van der Waals surface area contributed by atoms with E-state index in [1.807, 2.05) is 6.92 Å². The molecule has 1 N–H and O–H groups in total. The van der Waals surface area contributed by atoms with Crippen LogP contribution in [0.15, 0.2) is 35.5 Å². The van der Waals surface area contributed by atoms with Gasteiger partial charge in [0.2, 0.25) is 5.03 Å². The lowest BCUT2D eigenvalue weighted by Gasteiger charge is -2.19. The van der Waals surface area contributed by atoms with Crippen molar-refractivity contribution < 1.29 is 17.6 Å². The molecule has 1 amide bonds. The number of nitrogens with zero attached hydrogens (tertiary/aromatic N) is 3. The van der Waals surface area contributed by atoms with Gasteiger partial charge in [-0.15, -0.1) is 0 Å². The second kappa shape index (κ2) is 8.18. The highest BCUT2D eigenvalue weighted by Crippen LogP contribution is 2.23. The zero-order chi connectivity index (χ0) is 19.4. The third kappa shape index (κ3) is 4.36. The molecule has 27 heavy (non-hydrogen) atoms. The molecule has 9 heteroatoms. The molecule has 3 rings (SSSR count). The first kappa shape index (κ1) is 19.5. The number of aromatic nitrogens is 2. The number of hydrogen-bond donors (Lipinski definition) is 1. The Morgan fingerprint density at radius 2 is 1.78 bits per heavy atom. The summed E-state index contributed by atoms with van der Waals surface area (Å²) in [6, 6.07) is 5.28. The van der Waals surface area contributed by atoms with Gasteiger partial charge in [0.05, 0.1) is 5.56 Å². The number of carbonyl (C=O) groups excluding carboxylic acids is 1. The number of benzene rings is 1. The molecule has 146 valence electrons. The number of amides is 1. The molecular formula is C18H23FN4O3S. The van der Waals surface area contributed by atoms with Gasteiger partial charge in [-0.05, 0) is 44.0 Å². The van der Waals surface area contributed by atoms with E-state index < -0.39 is 21.7 Å². The van der Waals surface area contributed by atoms with Gasteiger partial charge in [0.15, 0.2) is 0 Å². The number of halogens is 1. The number of rotatable bonds is 5. The molecule has 1 fully saturated rings. The van der Waals surface area contributed by atoms with Gasteiger partial charge < -0.3 is 5.32 Å². The number of aryl methyl sites for hydroxylation is 1. The molecule has 1 aromatic heterocycles. The summed E-state index contributed by atoms with van der Waals surface area (Å²) in [5.41, 5.74) is 0.370. The van der Waals surface area contributed by atoms with Crippen LogP contribution in [0.1, 0.15) is 43.0 Å². The Morgan fingerprint density at radius 3 is 2.37 bits per heavy atom. The van der Waals surface area contributed by atoms with Gasteiger partial charge in [0.25, 0.3) is 15.9 Å². The van der Waals surface area contributed by atoms with E-state index in [-0.39, 0.29) is 10.6 Å². The van der Waals surface area contributed by atoms with E-state index in [2.05, 4.69) is 10.4 Å². The first-order valence-electron chi connectivity index (χ1n) is 9.06. The number of anilines is 1. The molecule has 0 saturated carbocycles. The van der Waals surface area contributed by atoms with Crippen molar-refractivity contribution in [3.05, 3.63) is 41.8 Å². The minimum atomic E-state index is -3.87. The molecule has 1 aromatic carbocycles. The Balaban J connectivity index is 1.92. The van der Waals surface area contributed by atoms with Gasteiger partial charge in [-0.1, -0.05) is 12.8 Å². The van der Waals surface area contributed by atoms with E-state index in [0.717, 1.165) is 25.7 Å². The molecule has 7 nitrogen and oxygen atoms in total. The Kier molecular flexibility index (Phi) is 5.91. The largest absolute Gasteiger partial charge is 0.322 e. The minimum absolute atomic E-state index is 0.00887. The van der Waals surface area contributed by atoms with E-state index in [0.29, 0.717) is 25.3 Å². The predicted molar refractivity (Wildman–Crippen MR) is 99.5 cm³/mol. The van der Waals surface area contributed by atoms with Crippen LogP contribution in [0.4, 0.5) is 10.1 Å². The predicted octanol–water partition coefficient (Wildman–Crippen LogP) is 2.86. The highest BCUT2D eigenvalue weighted by molar-refractivity contribution is 7.89. The molecule has 1 saturated heterocycles. The topological polar surface area (TPSA) is 84.3 Å². The molecule has 0 spiro atoms. The molecular weight excluding hydrogens is 371 g/mol. The maximum atomic E-state index is 13.1. The first-order chi connectivity index (χ1) is 12.9. The van der Waals surface area contributed by atoms with Crippen molar-refractivity contribution in [1.82, 2.24) is 14.1 Å². The summed E-state index contributed by atoms with van der Waals surface area (Å²) in [4.78, 5) is 12.7. The van der Waals surface area contributed by atoms with Crippen molar-refractivity contribution in [2.45, 2.75) is 44.2 Å². The van der Waals surface area contributed by atoms with Crippen molar-refractivity contribution in [2.24, 2.45) is 0 Å². The smallest absolute Gasteiger partial charge is 0.263 e. The Morgan fingerprint density at radius 1 is 1.15 bits per heavy atom. The number of carbonyl (C=O) groups is 1. The molecule has 0 bridgehead atoms. The SMILES string of the molecule is CCn1cc(C(=O)Nc2ccc(F)cc2)c(S(=O)(=O)N2CCCCCC2)n1. The Bertz CT molecular complexity index is 901. The second-order valence-corrected chi connectivity index (χ2v) is 8.34. The van der Waals surface area contributed by atoms with Crippen LogP contribution >= 0.6 is 0 Å². The fourth-order valence-electron chi connectivity index (χ4n) is 3.05. The van der Waals surface area contributed by atoms with Crippen LogP contribution in [0.5, 0.6) is 0 Å². The van der Waals surface area contributed by atoms with Crippen LogP contribution in [0.3, 0.4) is 0 Å². The maximum Gasteiger partial charge on any atom is 0.263 e. The molecule has 0 unspecified atom stereocenters. The zero-order valence-electron chi connectivity index (χ0n) is 15.2. The van der Waals surface area contributed by atoms with Gasteiger partial charge in [-0.2, -0.15) is 9.40 Å². The summed E-state index contributed by atoms with van der Waals surface area (Å²) in [5, 5.41) is 6.53. The molecule has 0 atom stereocenters. The summed E-state index contributed by atoms with van der Waals surface area (Å²) in [6.07, 6.45) is 5.01. The second-order valence-electron chi connectivity index (χ2n) is 6.48. The highest BCUT2D eigenvalue weighted by atomic mass is 32.2. The van der Waals surface area contributed by atoms with Crippen molar-refractivity contribution in [3.8, 4) is 0 Å². The lowest BCUT2D eigenvalue weighted by atomic mass is 10.2. The van der Waals surface area contributed by atoms with Crippen molar-refractivity contribution in [1.29, 1.82) is 0 Å². The van der Waals surface area contributed by atoms with E-state index >= 15 is 0 Å². The summed E-state index contributed by atoms with van der Waals surface area (Å²) < 4.78 is 42.1. The Hall–Kier alpha value is -2.26. The van der Waals surface area contributed by atoms with Gasteiger partial charge in [0.1, 0.15) is 5.82 Å². The van der Waals surface area contributed by atoms with Crippen molar-refractivity contribution >= 4 is 21.6 Å². The normalized spacial score (nSPS) is 16.1. The standard InChI is InChI=1S/C18H23FN4O3S/c1-2-22-13-16(17(24)20-15-9-7-14(19)8-10-15)18(21-22)27(25,26)23-11-5-3-4-6-12-23/h7-10,13H,2-6,11-12H2,1H3,(H,20,24). The lowest BCUT2D eigenvalue weighted by Crippen LogP contribution is -2.33. The van der Waals surface area contributed by atoms with Crippen LogP contribution in [-0.2, 0) is 16.6 Å². The summed E-state index contributed by atoms with van der Waals surface area (Å²) in [7, 11) is -3.87. The molecule has 1 aliphatic rings. The maximum absolute atomic E-state index is 13.1. The van der Waals surface area contributed by atoms with Gasteiger partial charge in [0, 0.05) is 31.5 Å². The third-order valence-corrected chi connectivity index (χ3v) is 6.38. The molecule has 2 aromatic rings. The lowest BCUT2D eigenvalue weighted by molar-refractivity contribution is 0.102. The quantitative estimate of drug-likeness (QED) is 0.845. The van der Waals surface area contributed by atoms with Crippen LogP contribution in [0, 0.1) is 5.82 Å². The zero-order valence-corrected chi connectivity index (χ0v) is 16.0. The molecule has 2 heterocycles. The average Bonchev–Trinajstić information content (AvgIpc) is 2.91. The fourth-order valence-corrected chi connectivity index (χ4v) is 4.66. The van der Waals surface area contributed by atoms with Gasteiger partial charge >= 0.3 is 0 Å². The Labute approximate surface area is 158 Å². The summed E-state index contributed by atoms with van der Waals surface area (Å²) >= 11 is 0. The van der Waals surface area contributed by atoms with Crippen molar-refractivity contribution in [2.75, 3.05) is 18.4 Å². The summed E-state index contributed by atoms with van der Waals surface area (Å²) in [6.45, 7) is 3.12. The minimum Gasteiger partial charge on any atom is -0.322 e. The average molecular weight is 394 g/mol. The highest BCUT2D eigenvalue weighted by Gasteiger charge is 2.33. The fraction of sp³-hybridized carbons (Fsp3) is 0.444.